The van der Waals surface area contributed by atoms with Crippen LogP contribution in [-0.4, -0.2) is 39.2 Å². The molecule has 0 unspecified atom stereocenters. The van der Waals surface area contributed by atoms with Gasteiger partial charge in [-0.05, 0) is 23.8 Å². The normalized spacial score (nSPS) is 10.0. The second kappa shape index (κ2) is 6.55. The van der Waals surface area contributed by atoms with E-state index in [1.165, 1.54) is 25.3 Å². The predicted octanol–water partition coefficient (Wildman–Crippen LogP) is 0.485. The first-order valence-corrected chi connectivity index (χ1v) is 5.59. The standard InChI is InChI=1S/C13H15NO6/c1-18-11(15)8-4-7(5-9(14)6-8)10(12(16)19-2)13(17)20-3/h4-6,10H,14H2,1-3H3. The van der Waals surface area contributed by atoms with E-state index < -0.39 is 23.8 Å². The van der Waals surface area contributed by atoms with E-state index in [1.54, 1.807) is 0 Å². The van der Waals surface area contributed by atoms with Crippen molar-refractivity contribution >= 4 is 23.6 Å². The number of hydrogen-bond donors (Lipinski definition) is 1. The summed E-state index contributed by atoms with van der Waals surface area (Å²) in [5, 5.41) is 0. The molecular weight excluding hydrogens is 266 g/mol. The number of ether oxygens (including phenoxy) is 3. The minimum atomic E-state index is -1.31. The first kappa shape index (κ1) is 15.5. The molecule has 108 valence electrons. The second-order valence-electron chi connectivity index (χ2n) is 3.86. The Hall–Kier alpha value is -2.57. The van der Waals surface area contributed by atoms with Gasteiger partial charge >= 0.3 is 17.9 Å². The van der Waals surface area contributed by atoms with Gasteiger partial charge in [0.15, 0.2) is 5.92 Å². The molecule has 0 aromatic heterocycles. The van der Waals surface area contributed by atoms with Crippen LogP contribution >= 0.6 is 0 Å². The average Bonchev–Trinajstić information content (AvgIpc) is 2.45. The first-order chi connectivity index (χ1) is 9.44. The molecule has 0 amide bonds. The molecule has 0 radical (unpaired) electrons. The SMILES string of the molecule is COC(=O)c1cc(N)cc(C(C(=O)OC)C(=O)OC)c1. The topological polar surface area (TPSA) is 105 Å². The summed E-state index contributed by atoms with van der Waals surface area (Å²) in [6, 6.07) is 4.10. The summed E-state index contributed by atoms with van der Waals surface area (Å²) in [4.78, 5) is 34.9. The van der Waals surface area contributed by atoms with Crippen LogP contribution in [0.3, 0.4) is 0 Å². The van der Waals surface area contributed by atoms with Crippen molar-refractivity contribution < 1.29 is 28.6 Å². The van der Waals surface area contributed by atoms with Crippen molar-refractivity contribution in [2.75, 3.05) is 27.1 Å². The second-order valence-corrected chi connectivity index (χ2v) is 3.86. The highest BCUT2D eigenvalue weighted by atomic mass is 16.5. The Morgan fingerprint density at radius 2 is 1.50 bits per heavy atom. The van der Waals surface area contributed by atoms with Gasteiger partial charge < -0.3 is 19.9 Å². The average molecular weight is 281 g/mol. The van der Waals surface area contributed by atoms with Crippen LogP contribution < -0.4 is 5.73 Å². The number of carbonyl (C=O) groups is 3. The Bertz CT molecular complexity index is 524. The zero-order chi connectivity index (χ0) is 15.3. The van der Waals surface area contributed by atoms with Crippen LogP contribution in [0.1, 0.15) is 21.8 Å². The molecule has 0 aliphatic rings. The van der Waals surface area contributed by atoms with Crippen molar-refractivity contribution in [3.63, 3.8) is 0 Å². The molecule has 2 N–H and O–H groups in total. The zero-order valence-corrected chi connectivity index (χ0v) is 11.3. The Kier molecular flexibility index (Phi) is 5.08. The van der Waals surface area contributed by atoms with Gasteiger partial charge in [0.1, 0.15) is 0 Å². The maximum atomic E-state index is 11.7. The first-order valence-electron chi connectivity index (χ1n) is 5.59. The molecule has 0 aliphatic heterocycles. The molecule has 0 fully saturated rings. The molecule has 20 heavy (non-hydrogen) atoms. The number of nitrogens with two attached hydrogens (primary N) is 1. The summed E-state index contributed by atoms with van der Waals surface area (Å²) >= 11 is 0. The van der Waals surface area contributed by atoms with Gasteiger partial charge in [-0.1, -0.05) is 0 Å². The van der Waals surface area contributed by atoms with Gasteiger partial charge in [-0.2, -0.15) is 0 Å². The van der Waals surface area contributed by atoms with E-state index in [2.05, 4.69) is 14.2 Å². The predicted molar refractivity (Wildman–Crippen MR) is 69.0 cm³/mol. The summed E-state index contributed by atoms with van der Waals surface area (Å²) in [7, 11) is 3.50. The van der Waals surface area contributed by atoms with Crippen molar-refractivity contribution in [2.24, 2.45) is 0 Å². The van der Waals surface area contributed by atoms with Gasteiger partial charge in [-0.3, -0.25) is 9.59 Å². The van der Waals surface area contributed by atoms with E-state index in [0.717, 1.165) is 14.2 Å². The molecular formula is C13H15NO6. The molecule has 0 bridgehead atoms. The molecule has 0 saturated heterocycles. The third-order valence-electron chi connectivity index (χ3n) is 2.61. The molecule has 7 heteroatoms. The van der Waals surface area contributed by atoms with Crippen LogP contribution in [-0.2, 0) is 23.8 Å². The van der Waals surface area contributed by atoms with Gasteiger partial charge in [0.05, 0.1) is 26.9 Å². The molecule has 1 aromatic rings. The van der Waals surface area contributed by atoms with Gasteiger partial charge in [-0.25, -0.2) is 4.79 Å². The third kappa shape index (κ3) is 3.25. The van der Waals surface area contributed by atoms with E-state index in [-0.39, 0.29) is 16.8 Å². The maximum absolute atomic E-state index is 11.7. The number of hydrogen-bond acceptors (Lipinski definition) is 7. The maximum Gasteiger partial charge on any atom is 0.337 e. The Morgan fingerprint density at radius 1 is 0.950 bits per heavy atom. The molecule has 0 heterocycles. The summed E-state index contributed by atoms with van der Waals surface area (Å²) in [6.07, 6.45) is 0. The number of rotatable bonds is 4. The number of methoxy groups -OCH3 is 3. The Morgan fingerprint density at radius 3 is 1.95 bits per heavy atom. The van der Waals surface area contributed by atoms with Crippen molar-refractivity contribution in [2.45, 2.75) is 5.92 Å². The lowest BCUT2D eigenvalue weighted by Crippen LogP contribution is -2.25. The van der Waals surface area contributed by atoms with E-state index in [4.69, 9.17) is 5.73 Å². The Labute approximate surface area is 115 Å². The number of benzene rings is 1. The van der Waals surface area contributed by atoms with Crippen LogP contribution in [0, 0.1) is 0 Å². The highest BCUT2D eigenvalue weighted by Crippen LogP contribution is 2.23. The smallest absolute Gasteiger partial charge is 0.337 e. The highest BCUT2D eigenvalue weighted by molar-refractivity contribution is 6.01. The minimum absolute atomic E-state index is 0.125. The van der Waals surface area contributed by atoms with E-state index in [1.807, 2.05) is 0 Å². The molecule has 0 aliphatic carbocycles. The largest absolute Gasteiger partial charge is 0.468 e. The van der Waals surface area contributed by atoms with Crippen LogP contribution in [0.25, 0.3) is 0 Å². The fourth-order valence-electron chi connectivity index (χ4n) is 1.68. The van der Waals surface area contributed by atoms with Gasteiger partial charge in [0, 0.05) is 5.69 Å². The molecule has 7 nitrogen and oxygen atoms in total. The summed E-state index contributed by atoms with van der Waals surface area (Å²) in [5.41, 5.74) is 6.19. The fraction of sp³-hybridized carbons (Fsp3) is 0.308. The van der Waals surface area contributed by atoms with Gasteiger partial charge in [0.2, 0.25) is 0 Å². The minimum Gasteiger partial charge on any atom is -0.468 e. The third-order valence-corrected chi connectivity index (χ3v) is 2.61. The number of nitrogen functional groups attached to an aromatic ring is 1. The van der Waals surface area contributed by atoms with Crippen molar-refractivity contribution in [3.8, 4) is 0 Å². The van der Waals surface area contributed by atoms with Gasteiger partial charge in [-0.15, -0.1) is 0 Å². The summed E-state index contributed by atoms with van der Waals surface area (Å²) < 4.78 is 13.7. The highest BCUT2D eigenvalue weighted by Gasteiger charge is 2.31. The van der Waals surface area contributed by atoms with E-state index in [0.29, 0.717) is 0 Å². The van der Waals surface area contributed by atoms with Crippen LogP contribution in [0.4, 0.5) is 5.69 Å². The quantitative estimate of drug-likeness (QED) is 0.370. The fourth-order valence-corrected chi connectivity index (χ4v) is 1.68. The Balaban J connectivity index is 3.33. The summed E-state index contributed by atoms with van der Waals surface area (Å²) in [5.74, 6) is -3.56. The van der Waals surface area contributed by atoms with Crippen molar-refractivity contribution in [3.05, 3.63) is 29.3 Å². The van der Waals surface area contributed by atoms with Crippen LogP contribution in [0.2, 0.25) is 0 Å². The molecule has 1 aromatic carbocycles. The van der Waals surface area contributed by atoms with Crippen LogP contribution in [0.5, 0.6) is 0 Å². The summed E-state index contributed by atoms with van der Waals surface area (Å²) in [6.45, 7) is 0. The number of esters is 3. The lowest BCUT2D eigenvalue weighted by atomic mass is 9.96. The number of anilines is 1. The lowest BCUT2D eigenvalue weighted by molar-refractivity contribution is -0.154. The van der Waals surface area contributed by atoms with E-state index >= 15 is 0 Å². The zero-order valence-electron chi connectivity index (χ0n) is 11.3. The van der Waals surface area contributed by atoms with Crippen molar-refractivity contribution in [1.82, 2.24) is 0 Å². The van der Waals surface area contributed by atoms with Gasteiger partial charge in [0.25, 0.3) is 0 Å². The molecule has 0 spiro atoms. The monoisotopic (exact) mass is 281 g/mol. The molecule has 0 saturated carbocycles. The van der Waals surface area contributed by atoms with Crippen LogP contribution in [0.15, 0.2) is 18.2 Å². The molecule has 0 atom stereocenters. The van der Waals surface area contributed by atoms with E-state index in [9.17, 15) is 14.4 Å². The number of carbonyl (C=O) groups excluding carboxylic acids is 3. The molecule has 1 rings (SSSR count). The van der Waals surface area contributed by atoms with Crippen molar-refractivity contribution in [1.29, 1.82) is 0 Å². The lowest BCUT2D eigenvalue weighted by Gasteiger charge is -2.14.